The zero-order chi connectivity index (χ0) is 23.9. The minimum absolute atomic E-state index is 0.0656. The van der Waals surface area contributed by atoms with Crippen molar-refractivity contribution >= 4 is 11.8 Å². The maximum atomic E-state index is 12.6. The van der Waals surface area contributed by atoms with Gasteiger partial charge < -0.3 is 29.3 Å². The van der Waals surface area contributed by atoms with Crippen molar-refractivity contribution in [3.8, 4) is 28.5 Å². The molecule has 0 atom stereocenters. The van der Waals surface area contributed by atoms with Gasteiger partial charge in [-0.2, -0.15) is 0 Å². The maximum Gasteiger partial charge on any atom is 0.317 e. The molecule has 1 fully saturated rings. The lowest BCUT2D eigenvalue weighted by Gasteiger charge is -2.35. The van der Waals surface area contributed by atoms with E-state index in [1.165, 1.54) is 0 Å². The van der Waals surface area contributed by atoms with Gasteiger partial charge >= 0.3 is 6.03 Å². The fourth-order valence-corrected chi connectivity index (χ4v) is 3.84. The number of nitrogens with zero attached hydrogens (tertiary/aromatic N) is 4. The molecule has 2 aromatic carbocycles. The van der Waals surface area contributed by atoms with Gasteiger partial charge in [-0.3, -0.25) is 0 Å². The van der Waals surface area contributed by atoms with E-state index in [1.807, 2.05) is 53.4 Å². The average molecular weight is 464 g/mol. The summed E-state index contributed by atoms with van der Waals surface area (Å²) in [5, 5.41) is 2.99. The number of anilines is 1. The molecule has 9 heteroatoms. The molecule has 2 amide bonds. The summed E-state index contributed by atoms with van der Waals surface area (Å²) in [5.41, 5.74) is 2.74. The third-order valence-corrected chi connectivity index (χ3v) is 5.83. The minimum Gasteiger partial charge on any atom is -0.497 e. The molecule has 0 radical (unpaired) electrons. The summed E-state index contributed by atoms with van der Waals surface area (Å²) in [5.74, 6) is 2.94. The lowest BCUT2D eigenvalue weighted by molar-refractivity contribution is 0.194. The highest BCUT2D eigenvalue weighted by molar-refractivity contribution is 5.74. The van der Waals surface area contributed by atoms with Crippen molar-refractivity contribution in [3.05, 3.63) is 60.4 Å². The molecule has 1 N–H and O–H groups in total. The van der Waals surface area contributed by atoms with Gasteiger partial charge in [0.05, 0.1) is 27.0 Å². The number of methoxy groups -OCH3 is 3. The van der Waals surface area contributed by atoms with Crippen molar-refractivity contribution in [2.75, 3.05) is 52.4 Å². The van der Waals surface area contributed by atoms with E-state index in [0.29, 0.717) is 44.2 Å². The molecular weight excluding hydrogens is 434 g/mol. The number of amides is 2. The molecule has 9 nitrogen and oxygen atoms in total. The summed E-state index contributed by atoms with van der Waals surface area (Å²) in [6.07, 6.45) is 1.56. The molecule has 0 bridgehead atoms. The van der Waals surface area contributed by atoms with Crippen molar-refractivity contribution in [1.82, 2.24) is 20.2 Å². The molecule has 0 unspecified atom stereocenters. The van der Waals surface area contributed by atoms with Crippen LogP contribution in [0.4, 0.5) is 10.6 Å². The highest BCUT2D eigenvalue weighted by atomic mass is 16.5. The van der Waals surface area contributed by atoms with Crippen molar-refractivity contribution in [3.63, 3.8) is 0 Å². The molecule has 0 saturated carbocycles. The maximum absolute atomic E-state index is 12.6. The molecule has 0 spiro atoms. The number of carbonyl (C=O) groups excluding carboxylic acids is 1. The van der Waals surface area contributed by atoms with Gasteiger partial charge in [0.1, 0.15) is 17.9 Å². The number of carbonyl (C=O) groups is 1. The van der Waals surface area contributed by atoms with E-state index in [-0.39, 0.29) is 6.03 Å². The Balaban J connectivity index is 1.34. The SMILES string of the molecule is COc1ccc(CNC(=O)N2CCN(c3cc(-c4ccc(OC)c(OC)c4)ncn3)CC2)cc1. The minimum atomic E-state index is -0.0656. The van der Waals surface area contributed by atoms with E-state index in [2.05, 4.69) is 20.2 Å². The quantitative estimate of drug-likeness (QED) is 0.576. The van der Waals surface area contributed by atoms with Gasteiger partial charge in [-0.1, -0.05) is 12.1 Å². The van der Waals surface area contributed by atoms with E-state index in [4.69, 9.17) is 14.2 Å². The van der Waals surface area contributed by atoms with Crippen LogP contribution in [-0.2, 0) is 6.54 Å². The topological polar surface area (TPSA) is 89.1 Å². The number of urea groups is 1. The third kappa shape index (κ3) is 5.31. The van der Waals surface area contributed by atoms with Crippen LogP contribution in [-0.4, -0.2) is 68.4 Å². The van der Waals surface area contributed by atoms with Gasteiger partial charge in [0, 0.05) is 44.4 Å². The van der Waals surface area contributed by atoms with Gasteiger partial charge in [0.25, 0.3) is 0 Å². The van der Waals surface area contributed by atoms with E-state index >= 15 is 0 Å². The lowest BCUT2D eigenvalue weighted by Crippen LogP contribution is -2.51. The first kappa shape index (κ1) is 23.2. The molecule has 0 aliphatic carbocycles. The van der Waals surface area contributed by atoms with Gasteiger partial charge in [0.2, 0.25) is 0 Å². The predicted octanol–water partition coefficient (Wildman–Crippen LogP) is 3.20. The third-order valence-electron chi connectivity index (χ3n) is 5.83. The van der Waals surface area contributed by atoms with Crippen LogP contribution in [0.1, 0.15) is 5.56 Å². The van der Waals surface area contributed by atoms with Crippen LogP contribution in [0, 0.1) is 0 Å². The van der Waals surface area contributed by atoms with Crippen LogP contribution in [0.3, 0.4) is 0 Å². The fourth-order valence-electron chi connectivity index (χ4n) is 3.84. The first-order valence-corrected chi connectivity index (χ1v) is 11.1. The van der Waals surface area contributed by atoms with Crippen LogP contribution >= 0.6 is 0 Å². The monoisotopic (exact) mass is 463 g/mol. The van der Waals surface area contributed by atoms with Crippen LogP contribution < -0.4 is 24.4 Å². The molecule has 2 heterocycles. The molecular formula is C25H29N5O4. The molecule has 1 saturated heterocycles. The van der Waals surface area contributed by atoms with Gasteiger partial charge in [-0.15, -0.1) is 0 Å². The number of nitrogens with one attached hydrogen (secondary N) is 1. The normalized spacial score (nSPS) is 13.4. The Kier molecular flexibility index (Phi) is 7.31. The highest BCUT2D eigenvalue weighted by Gasteiger charge is 2.22. The second-order valence-electron chi connectivity index (χ2n) is 7.81. The number of ether oxygens (including phenoxy) is 3. The average Bonchev–Trinajstić information content (AvgIpc) is 2.91. The Morgan fingerprint density at radius 1 is 0.882 bits per heavy atom. The second-order valence-corrected chi connectivity index (χ2v) is 7.81. The van der Waals surface area contributed by atoms with Crippen molar-refractivity contribution in [2.24, 2.45) is 0 Å². The van der Waals surface area contributed by atoms with Gasteiger partial charge in [-0.05, 0) is 35.9 Å². The van der Waals surface area contributed by atoms with E-state index < -0.39 is 0 Å². The van der Waals surface area contributed by atoms with E-state index in [1.54, 1.807) is 27.7 Å². The summed E-state index contributed by atoms with van der Waals surface area (Å²) in [4.78, 5) is 25.5. The van der Waals surface area contributed by atoms with E-state index in [9.17, 15) is 4.79 Å². The van der Waals surface area contributed by atoms with Crippen molar-refractivity contribution in [2.45, 2.75) is 6.54 Å². The number of aromatic nitrogens is 2. The van der Waals surface area contributed by atoms with Crippen molar-refractivity contribution in [1.29, 1.82) is 0 Å². The number of piperazine rings is 1. The van der Waals surface area contributed by atoms with Crippen LogP contribution in [0.2, 0.25) is 0 Å². The molecule has 1 aromatic heterocycles. The summed E-state index contributed by atoms with van der Waals surface area (Å²) >= 11 is 0. The van der Waals surface area contributed by atoms with Gasteiger partial charge in [-0.25, -0.2) is 14.8 Å². The first-order valence-electron chi connectivity index (χ1n) is 11.1. The summed E-state index contributed by atoms with van der Waals surface area (Å²) in [6.45, 7) is 3.09. The summed E-state index contributed by atoms with van der Waals surface area (Å²) < 4.78 is 15.9. The van der Waals surface area contributed by atoms with Crippen LogP contribution in [0.15, 0.2) is 54.9 Å². The summed E-state index contributed by atoms with van der Waals surface area (Å²) in [7, 11) is 4.86. The number of rotatable bonds is 7. The predicted molar refractivity (Wildman–Crippen MR) is 130 cm³/mol. The molecule has 1 aliphatic heterocycles. The first-order chi connectivity index (χ1) is 16.6. The Hall–Kier alpha value is -4.01. The molecule has 4 rings (SSSR count). The largest absolute Gasteiger partial charge is 0.497 e. The Bertz CT molecular complexity index is 1110. The smallest absolute Gasteiger partial charge is 0.317 e. The zero-order valence-corrected chi connectivity index (χ0v) is 19.7. The Morgan fingerprint density at radius 2 is 1.62 bits per heavy atom. The molecule has 3 aromatic rings. The highest BCUT2D eigenvalue weighted by Crippen LogP contribution is 2.32. The molecule has 178 valence electrons. The van der Waals surface area contributed by atoms with E-state index in [0.717, 1.165) is 28.4 Å². The number of benzene rings is 2. The Morgan fingerprint density at radius 3 is 2.29 bits per heavy atom. The van der Waals surface area contributed by atoms with Crippen LogP contribution in [0.5, 0.6) is 17.2 Å². The second kappa shape index (κ2) is 10.7. The fraction of sp³-hybridized carbons (Fsp3) is 0.320. The number of hydrogen-bond acceptors (Lipinski definition) is 7. The lowest BCUT2D eigenvalue weighted by atomic mass is 10.1. The Labute approximate surface area is 199 Å². The standard InChI is InChI=1S/C25H29N5O4/c1-32-20-7-4-18(5-8-20)16-26-25(31)30-12-10-29(11-13-30)24-15-21(27-17-28-24)19-6-9-22(33-2)23(14-19)34-3/h4-9,14-15,17H,10-13,16H2,1-3H3,(H,26,31). The molecule has 1 aliphatic rings. The zero-order valence-electron chi connectivity index (χ0n) is 19.7. The van der Waals surface area contributed by atoms with Gasteiger partial charge in [0.15, 0.2) is 11.5 Å². The van der Waals surface area contributed by atoms with Crippen molar-refractivity contribution < 1.29 is 19.0 Å². The molecule has 34 heavy (non-hydrogen) atoms. The number of hydrogen-bond donors (Lipinski definition) is 1. The van der Waals surface area contributed by atoms with Crippen LogP contribution in [0.25, 0.3) is 11.3 Å². The summed E-state index contributed by atoms with van der Waals surface area (Å²) in [6, 6.07) is 15.3.